The first-order valence-electron chi connectivity index (χ1n) is 4.26. The molecule has 1 aromatic carbocycles. The van der Waals surface area contributed by atoms with Gasteiger partial charge in [-0.15, -0.1) is 0 Å². The highest BCUT2D eigenvalue weighted by Gasteiger charge is 2.32. The number of benzene rings is 1. The molecule has 0 amide bonds. The maximum atomic E-state index is 13.2. The molecule has 0 unspecified atom stereocenters. The Hall–Kier alpha value is -0.900. The minimum Gasteiger partial charge on any atom is -0.223 e. The van der Waals surface area contributed by atoms with Crippen molar-refractivity contribution in [1.29, 1.82) is 0 Å². The van der Waals surface area contributed by atoms with Crippen LogP contribution in [0.4, 0.5) is 4.39 Å². The molecular weight excluding hydrogens is 203 g/mol. The Morgan fingerprint density at radius 3 is 2.07 bits per heavy atom. The van der Waals surface area contributed by atoms with Crippen molar-refractivity contribution < 1.29 is 12.8 Å². The predicted molar refractivity (Wildman–Crippen MR) is 53.3 cm³/mol. The average molecular weight is 216 g/mol. The molecule has 0 fully saturated rings. The van der Waals surface area contributed by atoms with Gasteiger partial charge >= 0.3 is 0 Å². The largest absolute Gasteiger partial charge is 0.223 e. The van der Waals surface area contributed by atoms with E-state index in [1.807, 2.05) is 0 Å². The monoisotopic (exact) mass is 216 g/mol. The third kappa shape index (κ3) is 1.80. The summed E-state index contributed by atoms with van der Waals surface area (Å²) < 4.78 is 35.9. The summed E-state index contributed by atoms with van der Waals surface area (Å²) in [4.78, 5) is -0.229. The second kappa shape index (κ2) is 3.35. The molecule has 0 saturated carbocycles. The number of sulfone groups is 1. The van der Waals surface area contributed by atoms with Crippen LogP contribution < -0.4 is 0 Å². The molecule has 0 aliphatic carbocycles. The van der Waals surface area contributed by atoms with Crippen molar-refractivity contribution in [3.05, 3.63) is 30.1 Å². The molecule has 0 radical (unpaired) electrons. The van der Waals surface area contributed by atoms with Crippen LogP contribution >= 0.6 is 0 Å². The van der Waals surface area contributed by atoms with Crippen molar-refractivity contribution in [2.75, 3.05) is 0 Å². The van der Waals surface area contributed by atoms with Crippen LogP contribution in [-0.2, 0) is 9.84 Å². The summed E-state index contributed by atoms with van der Waals surface area (Å²) >= 11 is 0. The molecule has 0 atom stereocenters. The first kappa shape index (κ1) is 11.2. The third-order valence-electron chi connectivity index (χ3n) is 1.93. The van der Waals surface area contributed by atoms with Gasteiger partial charge in [0.2, 0.25) is 0 Å². The van der Waals surface area contributed by atoms with E-state index < -0.39 is 20.4 Å². The number of halogens is 1. The van der Waals surface area contributed by atoms with Gasteiger partial charge in [-0.2, -0.15) is 0 Å². The lowest BCUT2D eigenvalue weighted by Gasteiger charge is -2.19. The summed E-state index contributed by atoms with van der Waals surface area (Å²) in [6.45, 7) is 4.65. The summed E-state index contributed by atoms with van der Waals surface area (Å²) in [7, 11) is -3.58. The Morgan fingerprint density at radius 1 is 1.14 bits per heavy atom. The van der Waals surface area contributed by atoms with Crippen LogP contribution in [0, 0.1) is 5.82 Å². The van der Waals surface area contributed by atoms with Crippen LogP contribution in [0.5, 0.6) is 0 Å². The zero-order valence-corrected chi connectivity index (χ0v) is 9.23. The van der Waals surface area contributed by atoms with E-state index in [9.17, 15) is 12.8 Å². The van der Waals surface area contributed by atoms with Crippen molar-refractivity contribution in [2.24, 2.45) is 0 Å². The van der Waals surface area contributed by atoms with Crippen molar-refractivity contribution in [1.82, 2.24) is 0 Å². The Morgan fingerprint density at radius 2 is 1.64 bits per heavy atom. The molecule has 0 saturated heterocycles. The normalized spacial score (nSPS) is 12.9. The lowest BCUT2D eigenvalue weighted by molar-refractivity contribution is 0.541. The standard InChI is InChI=1S/C10H13FO2S/c1-10(2,3)14(12,13)9-7-5-4-6-8(9)11/h4-7H,1-3H3. The molecule has 4 heteroatoms. The number of hydrogen-bond acceptors (Lipinski definition) is 2. The fourth-order valence-corrected chi connectivity index (χ4v) is 2.23. The lowest BCUT2D eigenvalue weighted by atomic mass is 10.3. The van der Waals surface area contributed by atoms with Crippen LogP contribution in [0.15, 0.2) is 29.2 Å². The van der Waals surface area contributed by atoms with Gasteiger partial charge in [0.05, 0.1) is 4.75 Å². The quantitative estimate of drug-likeness (QED) is 0.722. The Balaban J connectivity index is 3.40. The van der Waals surface area contributed by atoms with Gasteiger partial charge in [-0.3, -0.25) is 0 Å². The molecule has 0 aliphatic rings. The van der Waals surface area contributed by atoms with Gasteiger partial charge in [0, 0.05) is 0 Å². The van der Waals surface area contributed by atoms with Gasteiger partial charge in [-0.05, 0) is 32.9 Å². The molecule has 0 aliphatic heterocycles. The zero-order valence-electron chi connectivity index (χ0n) is 8.41. The highest BCUT2D eigenvalue weighted by atomic mass is 32.2. The van der Waals surface area contributed by atoms with Crippen molar-refractivity contribution in [3.8, 4) is 0 Å². The Kier molecular flexibility index (Phi) is 2.67. The summed E-state index contributed by atoms with van der Waals surface area (Å²) in [5.41, 5.74) is 0. The van der Waals surface area contributed by atoms with E-state index in [-0.39, 0.29) is 4.90 Å². The lowest BCUT2D eigenvalue weighted by Crippen LogP contribution is -2.28. The Bertz CT molecular complexity index is 430. The van der Waals surface area contributed by atoms with Crippen molar-refractivity contribution in [2.45, 2.75) is 30.4 Å². The van der Waals surface area contributed by atoms with Gasteiger partial charge < -0.3 is 0 Å². The van der Waals surface area contributed by atoms with Gasteiger partial charge in [-0.1, -0.05) is 12.1 Å². The molecule has 0 heterocycles. The molecule has 0 spiro atoms. The van der Waals surface area contributed by atoms with E-state index in [2.05, 4.69) is 0 Å². The van der Waals surface area contributed by atoms with Gasteiger partial charge in [0.1, 0.15) is 10.7 Å². The van der Waals surface area contributed by atoms with Crippen LogP contribution in [-0.4, -0.2) is 13.2 Å². The first-order valence-corrected chi connectivity index (χ1v) is 5.74. The van der Waals surface area contributed by atoms with Crippen molar-refractivity contribution >= 4 is 9.84 Å². The van der Waals surface area contributed by atoms with Crippen LogP contribution in [0.1, 0.15) is 20.8 Å². The molecule has 78 valence electrons. The van der Waals surface area contributed by atoms with Gasteiger partial charge in [-0.25, -0.2) is 12.8 Å². The third-order valence-corrected chi connectivity index (χ3v) is 4.45. The van der Waals surface area contributed by atoms with Crippen molar-refractivity contribution in [3.63, 3.8) is 0 Å². The first-order chi connectivity index (χ1) is 6.27. The van der Waals surface area contributed by atoms with E-state index in [4.69, 9.17) is 0 Å². The Labute approximate surface area is 83.7 Å². The molecular formula is C10H13FO2S. The summed E-state index contributed by atoms with van der Waals surface area (Å²) in [5, 5.41) is 0. The van der Waals surface area contributed by atoms with Crippen LogP contribution in [0.3, 0.4) is 0 Å². The maximum absolute atomic E-state index is 13.2. The predicted octanol–water partition coefficient (Wildman–Crippen LogP) is 2.40. The van der Waals surface area contributed by atoms with Gasteiger partial charge in [0.15, 0.2) is 9.84 Å². The summed E-state index contributed by atoms with van der Waals surface area (Å²) in [6, 6.07) is 5.42. The molecule has 0 aromatic heterocycles. The second-order valence-corrected chi connectivity index (χ2v) is 6.72. The van der Waals surface area contributed by atoms with Gasteiger partial charge in [0.25, 0.3) is 0 Å². The molecule has 0 bridgehead atoms. The second-order valence-electron chi connectivity index (χ2n) is 4.05. The average Bonchev–Trinajstić information content (AvgIpc) is 2.02. The fraction of sp³-hybridized carbons (Fsp3) is 0.400. The van der Waals surface area contributed by atoms with E-state index in [1.54, 1.807) is 20.8 Å². The van der Waals surface area contributed by atoms with E-state index in [0.29, 0.717) is 0 Å². The SMILES string of the molecule is CC(C)(C)S(=O)(=O)c1ccccc1F. The summed E-state index contributed by atoms with van der Waals surface area (Å²) in [6.07, 6.45) is 0. The molecule has 14 heavy (non-hydrogen) atoms. The molecule has 1 aromatic rings. The molecule has 2 nitrogen and oxygen atoms in total. The van der Waals surface area contributed by atoms with Crippen LogP contribution in [0.25, 0.3) is 0 Å². The smallest absolute Gasteiger partial charge is 0.186 e. The minimum absolute atomic E-state index is 0.229. The number of hydrogen-bond donors (Lipinski definition) is 0. The summed E-state index contributed by atoms with van der Waals surface area (Å²) in [5.74, 6) is -0.692. The maximum Gasteiger partial charge on any atom is 0.186 e. The van der Waals surface area contributed by atoms with Crippen LogP contribution in [0.2, 0.25) is 0 Å². The minimum atomic E-state index is -3.58. The highest BCUT2D eigenvalue weighted by Crippen LogP contribution is 2.26. The number of rotatable bonds is 1. The fourth-order valence-electron chi connectivity index (χ4n) is 0.993. The molecule has 1 rings (SSSR count). The molecule has 0 N–H and O–H groups in total. The topological polar surface area (TPSA) is 34.1 Å². The highest BCUT2D eigenvalue weighted by molar-refractivity contribution is 7.92. The van der Waals surface area contributed by atoms with E-state index in [0.717, 1.165) is 6.07 Å². The zero-order chi connectivity index (χ0) is 11.0. The van der Waals surface area contributed by atoms with E-state index in [1.165, 1.54) is 18.2 Å². The van der Waals surface area contributed by atoms with E-state index >= 15 is 0 Å².